The van der Waals surface area contributed by atoms with Crippen molar-refractivity contribution in [2.24, 2.45) is 5.73 Å². The van der Waals surface area contributed by atoms with Crippen LogP contribution in [0.5, 0.6) is 5.75 Å². The van der Waals surface area contributed by atoms with Crippen LogP contribution in [0.1, 0.15) is 12.8 Å². The summed E-state index contributed by atoms with van der Waals surface area (Å²) in [5.74, 6) is 0.161. The lowest BCUT2D eigenvalue weighted by Gasteiger charge is -2.35. The number of carbonyl (C=O) groups is 1. The van der Waals surface area contributed by atoms with Crippen molar-refractivity contribution in [2.45, 2.75) is 29.8 Å². The number of methoxy groups -OCH3 is 2. The van der Waals surface area contributed by atoms with E-state index in [1.807, 2.05) is 24.3 Å². The van der Waals surface area contributed by atoms with Crippen molar-refractivity contribution in [1.29, 1.82) is 0 Å². The van der Waals surface area contributed by atoms with Gasteiger partial charge in [-0.3, -0.25) is 4.79 Å². The Kier molecular flexibility index (Phi) is 6.02. The highest BCUT2D eigenvalue weighted by Gasteiger charge is 2.40. The van der Waals surface area contributed by atoms with E-state index in [1.165, 1.54) is 11.4 Å². The van der Waals surface area contributed by atoms with Gasteiger partial charge in [-0.05, 0) is 48.2 Å². The van der Waals surface area contributed by atoms with E-state index in [-0.39, 0.29) is 23.9 Å². The monoisotopic (exact) mass is 404 g/mol. The summed E-state index contributed by atoms with van der Waals surface area (Å²) in [7, 11) is -0.995. The number of benzene rings is 2. The molecule has 0 amide bonds. The van der Waals surface area contributed by atoms with Crippen LogP contribution < -0.4 is 10.5 Å². The molecule has 8 heteroatoms. The molecule has 1 fully saturated rings. The number of nitrogens with zero attached hydrogens (tertiary/aromatic N) is 1. The van der Waals surface area contributed by atoms with Gasteiger partial charge in [0, 0.05) is 12.6 Å². The number of rotatable bonds is 5. The Bertz CT molecular complexity index is 926. The van der Waals surface area contributed by atoms with E-state index in [9.17, 15) is 13.2 Å². The van der Waals surface area contributed by atoms with Crippen molar-refractivity contribution < 1.29 is 22.7 Å². The Balaban J connectivity index is 1.87. The second kappa shape index (κ2) is 8.30. The maximum Gasteiger partial charge on any atom is 0.324 e. The molecular weight excluding hydrogens is 380 g/mol. The Morgan fingerprint density at radius 1 is 1.04 bits per heavy atom. The minimum Gasteiger partial charge on any atom is -0.497 e. The summed E-state index contributed by atoms with van der Waals surface area (Å²) in [4.78, 5) is 12.2. The lowest BCUT2D eigenvalue weighted by molar-refractivity contribution is -0.146. The zero-order chi connectivity index (χ0) is 20.3. The Morgan fingerprint density at radius 3 is 2.14 bits per heavy atom. The Morgan fingerprint density at radius 2 is 1.61 bits per heavy atom. The fourth-order valence-electron chi connectivity index (χ4n) is 3.35. The van der Waals surface area contributed by atoms with Crippen LogP contribution in [0.2, 0.25) is 0 Å². The third-order valence-corrected chi connectivity index (χ3v) is 6.87. The summed E-state index contributed by atoms with van der Waals surface area (Å²) in [6, 6.07) is 13.0. The highest BCUT2D eigenvalue weighted by atomic mass is 32.2. The van der Waals surface area contributed by atoms with Crippen LogP contribution in [0.4, 0.5) is 0 Å². The second-order valence-corrected chi connectivity index (χ2v) is 8.58. The molecule has 0 saturated carbocycles. The second-order valence-electron chi connectivity index (χ2n) is 6.69. The van der Waals surface area contributed by atoms with Crippen LogP contribution >= 0.6 is 0 Å². The van der Waals surface area contributed by atoms with Crippen molar-refractivity contribution in [2.75, 3.05) is 20.8 Å². The molecule has 28 heavy (non-hydrogen) atoms. The first kappa shape index (κ1) is 20.3. The van der Waals surface area contributed by atoms with Gasteiger partial charge < -0.3 is 15.2 Å². The van der Waals surface area contributed by atoms with E-state index < -0.39 is 22.0 Å². The number of hydrogen-bond acceptors (Lipinski definition) is 6. The molecule has 1 aliphatic rings. The average molecular weight is 404 g/mol. The molecule has 3 rings (SSSR count). The van der Waals surface area contributed by atoms with Crippen molar-refractivity contribution in [3.63, 3.8) is 0 Å². The van der Waals surface area contributed by atoms with Gasteiger partial charge in [0.05, 0.1) is 19.1 Å². The molecule has 1 heterocycles. The maximum absolute atomic E-state index is 13.1. The Hall–Kier alpha value is -2.42. The van der Waals surface area contributed by atoms with E-state index in [0.29, 0.717) is 6.42 Å². The van der Waals surface area contributed by atoms with Gasteiger partial charge in [0.25, 0.3) is 0 Å². The van der Waals surface area contributed by atoms with E-state index in [2.05, 4.69) is 0 Å². The van der Waals surface area contributed by atoms with Gasteiger partial charge in [0.15, 0.2) is 0 Å². The van der Waals surface area contributed by atoms with Gasteiger partial charge in [-0.2, -0.15) is 4.31 Å². The predicted molar refractivity (Wildman–Crippen MR) is 105 cm³/mol. The molecule has 2 aromatic carbocycles. The summed E-state index contributed by atoms with van der Waals surface area (Å²) >= 11 is 0. The fraction of sp³-hybridized carbons (Fsp3) is 0.350. The number of carbonyl (C=O) groups excluding carboxylic acids is 1. The summed E-state index contributed by atoms with van der Waals surface area (Å²) in [5, 5.41) is 0. The Labute approximate surface area is 165 Å². The molecule has 150 valence electrons. The maximum atomic E-state index is 13.1. The molecule has 1 saturated heterocycles. The number of nitrogens with two attached hydrogens (primary N) is 1. The third kappa shape index (κ3) is 4.04. The first-order valence-electron chi connectivity index (χ1n) is 8.96. The topological polar surface area (TPSA) is 98.9 Å². The molecule has 0 spiro atoms. The molecule has 2 atom stereocenters. The van der Waals surface area contributed by atoms with Crippen LogP contribution in [-0.4, -0.2) is 51.5 Å². The largest absolute Gasteiger partial charge is 0.497 e. The van der Waals surface area contributed by atoms with Crippen LogP contribution in [-0.2, 0) is 19.6 Å². The first-order chi connectivity index (χ1) is 13.4. The molecule has 2 N–H and O–H groups in total. The van der Waals surface area contributed by atoms with Gasteiger partial charge in [0.2, 0.25) is 10.0 Å². The average Bonchev–Trinajstić information content (AvgIpc) is 2.73. The first-order valence-corrected chi connectivity index (χ1v) is 10.4. The van der Waals surface area contributed by atoms with E-state index in [0.717, 1.165) is 16.9 Å². The number of hydrogen-bond donors (Lipinski definition) is 1. The van der Waals surface area contributed by atoms with Crippen molar-refractivity contribution in [3.05, 3.63) is 48.5 Å². The van der Waals surface area contributed by atoms with Gasteiger partial charge >= 0.3 is 5.97 Å². The summed E-state index contributed by atoms with van der Waals surface area (Å²) in [6.45, 7) is 0.184. The number of piperidine rings is 1. The van der Waals surface area contributed by atoms with E-state index >= 15 is 0 Å². The molecule has 0 unspecified atom stereocenters. The fourth-order valence-corrected chi connectivity index (χ4v) is 4.95. The SMILES string of the molecule is COC(=O)[C@H]1C[C@H](N)CCN1S(=O)(=O)c1ccc(-c2ccc(OC)cc2)cc1. The highest BCUT2D eigenvalue weighted by molar-refractivity contribution is 7.89. The number of sulfonamides is 1. The number of ether oxygens (including phenoxy) is 2. The third-order valence-electron chi connectivity index (χ3n) is 4.95. The minimum atomic E-state index is -3.84. The lowest BCUT2D eigenvalue weighted by Crippen LogP contribution is -2.53. The van der Waals surface area contributed by atoms with E-state index in [4.69, 9.17) is 15.2 Å². The molecular formula is C20H24N2O5S. The smallest absolute Gasteiger partial charge is 0.324 e. The predicted octanol–water partition coefficient (Wildman–Crippen LogP) is 2.02. The molecule has 0 radical (unpaired) electrons. The van der Waals surface area contributed by atoms with Crippen LogP contribution in [0.15, 0.2) is 53.4 Å². The normalized spacial score (nSPS) is 20.5. The highest BCUT2D eigenvalue weighted by Crippen LogP contribution is 2.28. The number of esters is 1. The molecule has 1 aliphatic heterocycles. The lowest BCUT2D eigenvalue weighted by atomic mass is 10.0. The summed E-state index contributed by atoms with van der Waals surface area (Å²) < 4.78 is 37.4. The molecule has 2 aromatic rings. The van der Waals surface area contributed by atoms with E-state index in [1.54, 1.807) is 31.4 Å². The molecule has 7 nitrogen and oxygen atoms in total. The molecule has 0 aromatic heterocycles. The van der Waals surface area contributed by atoms with Gasteiger partial charge in [0.1, 0.15) is 11.8 Å². The van der Waals surface area contributed by atoms with Crippen molar-refractivity contribution in [1.82, 2.24) is 4.31 Å². The van der Waals surface area contributed by atoms with Crippen molar-refractivity contribution in [3.8, 4) is 16.9 Å². The van der Waals surface area contributed by atoms with Gasteiger partial charge in [-0.25, -0.2) is 8.42 Å². The summed E-state index contributed by atoms with van der Waals surface area (Å²) in [5.41, 5.74) is 7.76. The van der Waals surface area contributed by atoms with Crippen LogP contribution in [0.25, 0.3) is 11.1 Å². The quantitative estimate of drug-likeness (QED) is 0.766. The van der Waals surface area contributed by atoms with Crippen LogP contribution in [0, 0.1) is 0 Å². The van der Waals surface area contributed by atoms with Gasteiger partial charge in [-0.15, -0.1) is 0 Å². The molecule has 0 aliphatic carbocycles. The van der Waals surface area contributed by atoms with Crippen LogP contribution in [0.3, 0.4) is 0 Å². The summed E-state index contributed by atoms with van der Waals surface area (Å²) in [6.07, 6.45) is 0.743. The minimum absolute atomic E-state index is 0.133. The zero-order valence-corrected chi connectivity index (χ0v) is 16.7. The molecule has 0 bridgehead atoms. The standard InChI is InChI=1S/C20H24N2O5S/c1-26-17-7-3-14(4-8-17)15-5-9-18(10-6-15)28(24,25)22-12-11-16(21)13-19(22)20(23)27-2/h3-10,16,19H,11-13,21H2,1-2H3/t16-,19-/m1/s1. The van der Waals surface area contributed by atoms with Gasteiger partial charge in [-0.1, -0.05) is 24.3 Å². The van der Waals surface area contributed by atoms with Crippen molar-refractivity contribution >= 4 is 16.0 Å². The zero-order valence-electron chi connectivity index (χ0n) is 15.9.